The molecule has 3 N–H and O–H groups in total. The Morgan fingerprint density at radius 1 is 1.50 bits per heavy atom. The van der Waals surface area contributed by atoms with Gasteiger partial charge in [-0.1, -0.05) is 22.0 Å². The first-order valence-electron chi connectivity index (χ1n) is 7.00. The van der Waals surface area contributed by atoms with Crippen LogP contribution in [0, 0.1) is 6.92 Å². The summed E-state index contributed by atoms with van der Waals surface area (Å²) in [6.45, 7) is 1.11. The zero-order valence-corrected chi connectivity index (χ0v) is 14.4. The number of aliphatic hydroxyl groups excluding tert-OH is 1. The molecule has 0 aliphatic heterocycles. The molecule has 1 aromatic carbocycles. The van der Waals surface area contributed by atoms with Crippen LogP contribution in [-0.4, -0.2) is 33.9 Å². The monoisotopic (exact) mass is 393 g/mol. The van der Waals surface area contributed by atoms with Gasteiger partial charge in [0.2, 0.25) is 0 Å². The number of halogens is 1. The number of aryl methyl sites for hydroxylation is 1. The molecule has 1 amide bonds. The molecule has 0 aliphatic rings. The normalized spacial score (nSPS) is 10.8. The number of carbonyl (C=O) groups is 1. The summed E-state index contributed by atoms with van der Waals surface area (Å²) in [4.78, 5) is 15.7. The average Bonchev–Trinajstić information content (AvgIpc) is 2.57. The van der Waals surface area contributed by atoms with E-state index in [-0.39, 0.29) is 19.0 Å². The number of carbonyl (C=O) groups excluding carboxylic acids is 1. The summed E-state index contributed by atoms with van der Waals surface area (Å²) in [5, 5.41) is 23.0. The van der Waals surface area contributed by atoms with Crippen LogP contribution in [0.4, 0.5) is 0 Å². The molecule has 0 fully saturated rings. The third-order valence-corrected chi connectivity index (χ3v) is 3.57. The van der Waals surface area contributed by atoms with Crippen molar-refractivity contribution in [3.63, 3.8) is 0 Å². The van der Waals surface area contributed by atoms with E-state index in [2.05, 4.69) is 31.4 Å². The fourth-order valence-electron chi connectivity index (χ4n) is 1.83. The van der Waals surface area contributed by atoms with E-state index in [1.54, 1.807) is 25.1 Å². The van der Waals surface area contributed by atoms with Gasteiger partial charge < -0.3 is 14.9 Å². The van der Waals surface area contributed by atoms with Crippen molar-refractivity contribution in [3.05, 3.63) is 51.8 Å². The number of benzene rings is 1. The number of aromatic hydroxyl groups is 1. The quantitative estimate of drug-likeness (QED) is 0.513. The van der Waals surface area contributed by atoms with Crippen molar-refractivity contribution in [2.24, 2.45) is 5.10 Å². The van der Waals surface area contributed by atoms with Gasteiger partial charge in [-0.3, -0.25) is 9.78 Å². The van der Waals surface area contributed by atoms with E-state index in [1.165, 1.54) is 12.4 Å². The standard InChI is InChI=1S/C16H16BrN3O4/c1-10-16(23)14(11(8-21)6-18-10)7-19-20-15(22)9-24-13-4-2-3-12(17)5-13/h2-7,21,23H,8-9H2,1H3,(H,20,22). The molecule has 0 bridgehead atoms. The Morgan fingerprint density at radius 2 is 2.29 bits per heavy atom. The Bertz CT molecular complexity index is 765. The lowest BCUT2D eigenvalue weighted by Crippen LogP contribution is -2.24. The molecule has 7 nitrogen and oxygen atoms in total. The number of nitrogens with zero attached hydrogens (tertiary/aromatic N) is 2. The van der Waals surface area contributed by atoms with Gasteiger partial charge in [0, 0.05) is 21.8 Å². The van der Waals surface area contributed by atoms with Crippen LogP contribution in [0.15, 0.2) is 40.0 Å². The average molecular weight is 394 g/mol. The van der Waals surface area contributed by atoms with Crippen LogP contribution >= 0.6 is 15.9 Å². The molecule has 1 heterocycles. The molecule has 0 aliphatic carbocycles. The number of rotatable bonds is 6. The molecule has 24 heavy (non-hydrogen) atoms. The van der Waals surface area contributed by atoms with Crippen LogP contribution in [0.5, 0.6) is 11.5 Å². The fourth-order valence-corrected chi connectivity index (χ4v) is 2.21. The van der Waals surface area contributed by atoms with E-state index in [0.29, 0.717) is 22.6 Å². The fraction of sp³-hybridized carbons (Fsp3) is 0.188. The molecule has 1 aromatic heterocycles. The van der Waals surface area contributed by atoms with Gasteiger partial charge in [0.25, 0.3) is 5.91 Å². The predicted octanol–water partition coefficient (Wildman–Crippen LogP) is 1.88. The van der Waals surface area contributed by atoms with E-state index >= 15 is 0 Å². The van der Waals surface area contributed by atoms with Gasteiger partial charge in [0.15, 0.2) is 6.61 Å². The highest BCUT2D eigenvalue weighted by atomic mass is 79.9. The van der Waals surface area contributed by atoms with Gasteiger partial charge in [-0.2, -0.15) is 5.10 Å². The van der Waals surface area contributed by atoms with E-state index in [0.717, 1.165) is 4.47 Å². The van der Waals surface area contributed by atoms with Gasteiger partial charge in [-0.25, -0.2) is 5.43 Å². The number of hydrazone groups is 1. The third-order valence-electron chi connectivity index (χ3n) is 3.08. The van der Waals surface area contributed by atoms with Crippen LogP contribution in [0.1, 0.15) is 16.8 Å². The Labute approximate surface area is 147 Å². The van der Waals surface area contributed by atoms with Crippen molar-refractivity contribution < 1.29 is 19.7 Å². The molecule has 0 saturated carbocycles. The van der Waals surface area contributed by atoms with Gasteiger partial charge in [0.1, 0.15) is 11.5 Å². The van der Waals surface area contributed by atoms with E-state index in [4.69, 9.17) is 4.74 Å². The van der Waals surface area contributed by atoms with Crippen molar-refractivity contribution in [1.29, 1.82) is 0 Å². The summed E-state index contributed by atoms with van der Waals surface area (Å²) in [7, 11) is 0. The molecular formula is C16H16BrN3O4. The van der Waals surface area contributed by atoms with Gasteiger partial charge in [-0.15, -0.1) is 0 Å². The zero-order chi connectivity index (χ0) is 17.5. The van der Waals surface area contributed by atoms with Crippen molar-refractivity contribution in [3.8, 4) is 11.5 Å². The molecule has 0 radical (unpaired) electrons. The molecular weight excluding hydrogens is 378 g/mol. The molecule has 126 valence electrons. The molecule has 0 atom stereocenters. The Hall–Kier alpha value is -2.45. The minimum absolute atomic E-state index is 0.0927. The van der Waals surface area contributed by atoms with Crippen molar-refractivity contribution in [2.45, 2.75) is 13.5 Å². The maximum atomic E-state index is 11.7. The first-order valence-corrected chi connectivity index (χ1v) is 7.79. The van der Waals surface area contributed by atoms with Crippen LogP contribution < -0.4 is 10.2 Å². The number of amides is 1. The molecule has 2 rings (SSSR count). The number of ether oxygens (including phenoxy) is 1. The lowest BCUT2D eigenvalue weighted by molar-refractivity contribution is -0.123. The lowest BCUT2D eigenvalue weighted by atomic mass is 10.1. The Kier molecular flexibility index (Phi) is 6.28. The molecule has 0 spiro atoms. The first-order chi connectivity index (χ1) is 11.5. The van der Waals surface area contributed by atoms with Gasteiger partial charge in [0.05, 0.1) is 18.5 Å². The third kappa shape index (κ3) is 4.77. The highest BCUT2D eigenvalue weighted by Gasteiger charge is 2.09. The number of hydrogen-bond acceptors (Lipinski definition) is 6. The summed E-state index contributed by atoms with van der Waals surface area (Å²) >= 11 is 3.31. The van der Waals surface area contributed by atoms with Crippen molar-refractivity contribution >= 4 is 28.1 Å². The Morgan fingerprint density at radius 3 is 3.00 bits per heavy atom. The number of pyridine rings is 1. The largest absolute Gasteiger partial charge is 0.505 e. The highest BCUT2D eigenvalue weighted by Crippen LogP contribution is 2.21. The number of aliphatic hydroxyl groups is 1. The summed E-state index contributed by atoms with van der Waals surface area (Å²) in [5.41, 5.74) is 3.40. The van der Waals surface area contributed by atoms with Crippen molar-refractivity contribution in [1.82, 2.24) is 10.4 Å². The van der Waals surface area contributed by atoms with E-state index in [1.807, 2.05) is 6.07 Å². The topological polar surface area (TPSA) is 104 Å². The summed E-state index contributed by atoms with van der Waals surface area (Å²) in [5.74, 6) is 0.000418. The summed E-state index contributed by atoms with van der Waals surface area (Å²) < 4.78 is 6.17. The minimum atomic E-state index is -0.456. The maximum absolute atomic E-state index is 11.7. The van der Waals surface area contributed by atoms with E-state index in [9.17, 15) is 15.0 Å². The van der Waals surface area contributed by atoms with Crippen LogP contribution in [0.25, 0.3) is 0 Å². The van der Waals surface area contributed by atoms with Gasteiger partial charge >= 0.3 is 0 Å². The smallest absolute Gasteiger partial charge is 0.277 e. The van der Waals surface area contributed by atoms with Gasteiger partial charge in [-0.05, 0) is 25.1 Å². The number of aromatic nitrogens is 1. The first kappa shape index (κ1) is 17.9. The number of hydrogen-bond donors (Lipinski definition) is 3. The van der Waals surface area contributed by atoms with Crippen LogP contribution in [-0.2, 0) is 11.4 Å². The molecule has 0 saturated heterocycles. The summed E-state index contributed by atoms with van der Waals surface area (Å²) in [6, 6.07) is 7.11. The second-order valence-electron chi connectivity index (χ2n) is 4.83. The molecule has 0 unspecified atom stereocenters. The number of nitrogens with one attached hydrogen (secondary N) is 1. The summed E-state index contributed by atoms with van der Waals surface area (Å²) in [6.07, 6.45) is 2.70. The highest BCUT2D eigenvalue weighted by molar-refractivity contribution is 9.10. The van der Waals surface area contributed by atoms with Crippen LogP contribution in [0.3, 0.4) is 0 Å². The SMILES string of the molecule is Cc1ncc(CO)c(C=NNC(=O)COc2cccc(Br)c2)c1O. The van der Waals surface area contributed by atoms with E-state index < -0.39 is 5.91 Å². The van der Waals surface area contributed by atoms with Crippen molar-refractivity contribution in [2.75, 3.05) is 6.61 Å². The predicted molar refractivity (Wildman–Crippen MR) is 91.9 cm³/mol. The second kappa shape index (κ2) is 8.42. The molecule has 8 heteroatoms. The minimum Gasteiger partial charge on any atom is -0.505 e. The second-order valence-corrected chi connectivity index (χ2v) is 5.74. The maximum Gasteiger partial charge on any atom is 0.277 e. The zero-order valence-electron chi connectivity index (χ0n) is 12.9. The van der Waals surface area contributed by atoms with Crippen LogP contribution in [0.2, 0.25) is 0 Å². The lowest BCUT2D eigenvalue weighted by Gasteiger charge is -2.07. The molecule has 2 aromatic rings. The Balaban J connectivity index is 1.94.